The van der Waals surface area contributed by atoms with E-state index in [-0.39, 0.29) is 18.0 Å². The van der Waals surface area contributed by atoms with Gasteiger partial charge in [0.1, 0.15) is 5.82 Å². The van der Waals surface area contributed by atoms with E-state index >= 15 is 0 Å². The van der Waals surface area contributed by atoms with E-state index in [0.29, 0.717) is 24.7 Å². The molecule has 152 valence electrons. The van der Waals surface area contributed by atoms with Gasteiger partial charge in [0, 0.05) is 32.7 Å². The minimum absolute atomic E-state index is 0.149. The molecule has 1 aliphatic rings. The van der Waals surface area contributed by atoms with Crippen LogP contribution >= 0.6 is 0 Å². The lowest BCUT2D eigenvalue weighted by Crippen LogP contribution is -2.49. The zero-order chi connectivity index (χ0) is 20.4. The van der Waals surface area contributed by atoms with E-state index in [1.54, 1.807) is 6.07 Å². The smallest absolute Gasteiger partial charge is 0.369 e. The van der Waals surface area contributed by atoms with Crippen molar-refractivity contribution in [3.05, 3.63) is 42.0 Å². The highest BCUT2D eigenvalue weighted by molar-refractivity contribution is 7.89. The minimum Gasteiger partial charge on any atom is -0.369 e. The number of aromatic nitrogens is 2. The Morgan fingerprint density at radius 1 is 1.00 bits per heavy atom. The fourth-order valence-corrected chi connectivity index (χ4v) is 4.31. The summed E-state index contributed by atoms with van der Waals surface area (Å²) in [6.07, 6.45) is -4.50. The SMILES string of the molecule is CCNc1ccc(N2CCN(S(=O)(=O)c3ccc(C(F)(F)F)cc3)CC2)nn1. The minimum atomic E-state index is -4.50. The highest BCUT2D eigenvalue weighted by Crippen LogP contribution is 2.30. The van der Waals surface area contributed by atoms with Gasteiger partial charge in [-0.05, 0) is 43.3 Å². The molecule has 28 heavy (non-hydrogen) atoms. The van der Waals surface area contributed by atoms with Crippen molar-refractivity contribution >= 4 is 21.7 Å². The Morgan fingerprint density at radius 2 is 1.64 bits per heavy atom. The Morgan fingerprint density at radius 3 is 2.14 bits per heavy atom. The topological polar surface area (TPSA) is 78.4 Å². The first-order valence-corrected chi connectivity index (χ1v) is 10.2. The summed E-state index contributed by atoms with van der Waals surface area (Å²) >= 11 is 0. The molecule has 0 saturated carbocycles. The van der Waals surface area contributed by atoms with E-state index in [4.69, 9.17) is 0 Å². The average molecular weight is 415 g/mol. The second-order valence-corrected chi connectivity index (χ2v) is 8.16. The Kier molecular flexibility index (Phi) is 5.75. The van der Waals surface area contributed by atoms with Crippen LogP contribution in [0.25, 0.3) is 0 Å². The van der Waals surface area contributed by atoms with Gasteiger partial charge in [0.15, 0.2) is 5.82 Å². The quantitative estimate of drug-likeness (QED) is 0.808. The van der Waals surface area contributed by atoms with E-state index in [1.807, 2.05) is 17.9 Å². The van der Waals surface area contributed by atoms with Crippen LogP contribution in [0.4, 0.5) is 24.8 Å². The standard InChI is InChI=1S/C17H20F3N5O2S/c1-2-21-15-7-8-16(23-22-15)24-9-11-25(12-10-24)28(26,27)14-5-3-13(4-6-14)17(18,19)20/h3-8H,2,9-12H2,1H3,(H,21,22). The molecule has 1 fully saturated rings. The van der Waals surface area contributed by atoms with Crippen LogP contribution in [0, 0.1) is 0 Å². The summed E-state index contributed by atoms with van der Waals surface area (Å²) < 4.78 is 64.7. The van der Waals surface area contributed by atoms with Gasteiger partial charge in [-0.25, -0.2) is 8.42 Å². The number of hydrogen-bond acceptors (Lipinski definition) is 6. The lowest BCUT2D eigenvalue weighted by molar-refractivity contribution is -0.137. The number of piperazine rings is 1. The van der Waals surface area contributed by atoms with Crippen molar-refractivity contribution in [1.82, 2.24) is 14.5 Å². The maximum absolute atomic E-state index is 12.7. The molecular weight excluding hydrogens is 395 g/mol. The number of hydrogen-bond donors (Lipinski definition) is 1. The first-order chi connectivity index (χ1) is 13.2. The Hall–Kier alpha value is -2.40. The fraction of sp³-hybridized carbons (Fsp3) is 0.412. The number of anilines is 2. The highest BCUT2D eigenvalue weighted by atomic mass is 32.2. The summed E-state index contributed by atoms with van der Waals surface area (Å²) in [6.45, 7) is 3.92. The van der Waals surface area contributed by atoms with Crippen molar-refractivity contribution in [3.63, 3.8) is 0 Å². The molecule has 11 heteroatoms. The summed E-state index contributed by atoms with van der Waals surface area (Å²) in [5.74, 6) is 1.31. The summed E-state index contributed by atoms with van der Waals surface area (Å²) in [5.41, 5.74) is -0.879. The Balaban J connectivity index is 1.66. The Labute approximate surface area is 161 Å². The number of nitrogens with zero attached hydrogens (tertiary/aromatic N) is 4. The zero-order valence-electron chi connectivity index (χ0n) is 15.1. The molecular formula is C17H20F3N5O2S. The molecule has 0 bridgehead atoms. The van der Waals surface area contributed by atoms with Gasteiger partial charge in [-0.15, -0.1) is 10.2 Å². The van der Waals surface area contributed by atoms with Gasteiger partial charge in [0.05, 0.1) is 10.5 Å². The third-order valence-corrected chi connectivity index (χ3v) is 6.30. The van der Waals surface area contributed by atoms with Crippen LogP contribution in [-0.4, -0.2) is 55.6 Å². The van der Waals surface area contributed by atoms with Crippen LogP contribution in [0.15, 0.2) is 41.3 Å². The average Bonchev–Trinajstić information content (AvgIpc) is 2.68. The molecule has 2 aromatic rings. The molecule has 1 N–H and O–H groups in total. The van der Waals surface area contributed by atoms with E-state index in [1.165, 1.54) is 4.31 Å². The van der Waals surface area contributed by atoms with Crippen molar-refractivity contribution < 1.29 is 21.6 Å². The predicted molar refractivity (Wildman–Crippen MR) is 98.6 cm³/mol. The third-order valence-electron chi connectivity index (χ3n) is 4.39. The zero-order valence-corrected chi connectivity index (χ0v) is 16.0. The third kappa shape index (κ3) is 4.36. The van der Waals surface area contributed by atoms with Crippen LogP contribution in [0.2, 0.25) is 0 Å². The first kappa shape index (κ1) is 20.3. The van der Waals surface area contributed by atoms with Gasteiger partial charge < -0.3 is 10.2 Å². The van der Waals surface area contributed by atoms with Gasteiger partial charge in [0.25, 0.3) is 0 Å². The van der Waals surface area contributed by atoms with Gasteiger partial charge in [0.2, 0.25) is 10.0 Å². The summed E-state index contributed by atoms with van der Waals surface area (Å²) in [6, 6.07) is 7.17. The van der Waals surface area contributed by atoms with Crippen molar-refractivity contribution in [2.75, 3.05) is 42.9 Å². The van der Waals surface area contributed by atoms with Crippen LogP contribution in [-0.2, 0) is 16.2 Å². The second kappa shape index (κ2) is 7.92. The lowest BCUT2D eigenvalue weighted by Gasteiger charge is -2.34. The molecule has 0 amide bonds. The molecule has 2 heterocycles. The molecule has 3 rings (SSSR count). The maximum Gasteiger partial charge on any atom is 0.416 e. The van der Waals surface area contributed by atoms with Crippen molar-refractivity contribution in [2.24, 2.45) is 0 Å². The molecule has 1 aliphatic heterocycles. The number of rotatable bonds is 5. The van der Waals surface area contributed by atoms with Crippen LogP contribution in [0.3, 0.4) is 0 Å². The number of sulfonamides is 1. The first-order valence-electron chi connectivity index (χ1n) is 8.72. The maximum atomic E-state index is 12.7. The fourth-order valence-electron chi connectivity index (χ4n) is 2.89. The summed E-state index contributed by atoms with van der Waals surface area (Å²) in [7, 11) is -3.85. The van der Waals surface area contributed by atoms with Gasteiger partial charge >= 0.3 is 6.18 Å². The largest absolute Gasteiger partial charge is 0.416 e. The number of halogens is 3. The van der Waals surface area contributed by atoms with E-state index in [9.17, 15) is 21.6 Å². The van der Waals surface area contributed by atoms with Gasteiger partial charge in [-0.1, -0.05) is 0 Å². The number of benzene rings is 1. The van der Waals surface area contributed by atoms with Crippen molar-refractivity contribution in [1.29, 1.82) is 0 Å². The van der Waals surface area contributed by atoms with Gasteiger partial charge in [-0.2, -0.15) is 17.5 Å². The van der Waals surface area contributed by atoms with Crippen LogP contribution in [0.5, 0.6) is 0 Å². The van der Waals surface area contributed by atoms with E-state index in [0.717, 1.165) is 30.8 Å². The molecule has 0 aliphatic carbocycles. The molecule has 0 radical (unpaired) electrons. The molecule has 0 spiro atoms. The van der Waals surface area contributed by atoms with E-state index in [2.05, 4.69) is 15.5 Å². The van der Waals surface area contributed by atoms with Gasteiger partial charge in [-0.3, -0.25) is 0 Å². The van der Waals surface area contributed by atoms with Crippen LogP contribution < -0.4 is 10.2 Å². The molecule has 7 nitrogen and oxygen atoms in total. The van der Waals surface area contributed by atoms with Crippen molar-refractivity contribution in [2.45, 2.75) is 18.0 Å². The summed E-state index contributed by atoms with van der Waals surface area (Å²) in [5, 5.41) is 11.2. The molecule has 1 saturated heterocycles. The number of alkyl halides is 3. The van der Waals surface area contributed by atoms with E-state index < -0.39 is 21.8 Å². The molecule has 1 aromatic heterocycles. The molecule has 0 unspecified atom stereocenters. The van der Waals surface area contributed by atoms with Crippen LogP contribution in [0.1, 0.15) is 12.5 Å². The second-order valence-electron chi connectivity index (χ2n) is 6.22. The summed E-state index contributed by atoms with van der Waals surface area (Å²) in [4.78, 5) is 1.77. The normalized spacial score (nSPS) is 16.2. The molecule has 1 aromatic carbocycles. The number of nitrogens with one attached hydrogen (secondary N) is 1. The Bertz CT molecular complexity index is 894. The monoisotopic (exact) mass is 415 g/mol. The lowest BCUT2D eigenvalue weighted by atomic mass is 10.2. The van der Waals surface area contributed by atoms with Crippen molar-refractivity contribution in [3.8, 4) is 0 Å². The molecule has 0 atom stereocenters. The predicted octanol–water partition coefficient (Wildman–Crippen LogP) is 2.44. The highest BCUT2D eigenvalue weighted by Gasteiger charge is 2.32.